The Kier molecular flexibility index (Phi) is 5.18. The maximum Gasteiger partial charge on any atom is 0.251 e. The van der Waals surface area contributed by atoms with Crippen LogP contribution in [0.2, 0.25) is 0 Å². The first kappa shape index (κ1) is 18.1. The van der Waals surface area contributed by atoms with E-state index in [0.717, 1.165) is 35.5 Å². The van der Waals surface area contributed by atoms with Gasteiger partial charge < -0.3 is 5.32 Å². The van der Waals surface area contributed by atoms with Gasteiger partial charge in [-0.2, -0.15) is 0 Å². The lowest BCUT2D eigenvalue weighted by Gasteiger charge is -2.27. The quantitative estimate of drug-likeness (QED) is 0.730. The summed E-state index contributed by atoms with van der Waals surface area (Å²) in [6, 6.07) is 10.0. The van der Waals surface area contributed by atoms with Gasteiger partial charge in [-0.1, -0.05) is 6.07 Å². The molecular weight excluding hydrogens is 356 g/mol. The lowest BCUT2D eigenvalue weighted by atomic mass is 10.1. The number of likely N-dealkylation sites (tertiary alicyclic amines) is 1. The molecule has 0 bridgehead atoms. The third-order valence-electron chi connectivity index (χ3n) is 5.25. The van der Waals surface area contributed by atoms with Crippen LogP contribution in [0.15, 0.2) is 35.7 Å². The molecular formula is C21H24N4OS. The number of carbonyl (C=O) groups excluding carboxylic acids is 1. The molecule has 3 heterocycles. The van der Waals surface area contributed by atoms with Gasteiger partial charge in [0.1, 0.15) is 0 Å². The van der Waals surface area contributed by atoms with Crippen molar-refractivity contribution < 1.29 is 4.79 Å². The number of nitrogens with one attached hydrogen (secondary N) is 1. The number of amides is 1. The Morgan fingerprint density at radius 2 is 1.89 bits per heavy atom. The molecule has 1 amide bonds. The van der Waals surface area contributed by atoms with Crippen LogP contribution in [-0.4, -0.2) is 40.4 Å². The van der Waals surface area contributed by atoms with Gasteiger partial charge in [0.05, 0.1) is 28.5 Å². The number of carbonyl (C=O) groups is 1. The first-order valence-corrected chi connectivity index (χ1v) is 10.3. The lowest BCUT2D eigenvalue weighted by Crippen LogP contribution is -2.36. The van der Waals surface area contributed by atoms with Crippen molar-refractivity contribution in [3.63, 3.8) is 0 Å². The van der Waals surface area contributed by atoms with Crippen molar-refractivity contribution in [1.82, 2.24) is 20.2 Å². The lowest BCUT2D eigenvalue weighted by molar-refractivity contribution is 0.0938. The highest BCUT2D eigenvalue weighted by Crippen LogP contribution is 2.28. The third-order valence-corrected chi connectivity index (χ3v) is 6.22. The molecule has 5 nitrogen and oxygen atoms in total. The van der Waals surface area contributed by atoms with Crippen LogP contribution < -0.4 is 5.32 Å². The summed E-state index contributed by atoms with van der Waals surface area (Å²) in [6.45, 7) is 6.71. The summed E-state index contributed by atoms with van der Waals surface area (Å²) in [4.78, 5) is 25.6. The molecule has 1 fully saturated rings. The monoisotopic (exact) mass is 380 g/mol. The molecule has 0 spiro atoms. The number of fused-ring (bicyclic) bond motifs is 1. The van der Waals surface area contributed by atoms with Crippen molar-refractivity contribution in [2.45, 2.75) is 32.7 Å². The van der Waals surface area contributed by atoms with Crippen LogP contribution in [-0.2, 0) is 0 Å². The second-order valence-electron chi connectivity index (χ2n) is 7.08. The molecule has 4 rings (SSSR count). The zero-order valence-corrected chi connectivity index (χ0v) is 16.6. The number of thiophene rings is 1. The zero-order valence-electron chi connectivity index (χ0n) is 15.7. The molecule has 0 radical (unpaired) electrons. The van der Waals surface area contributed by atoms with Gasteiger partial charge in [0.25, 0.3) is 5.91 Å². The highest BCUT2D eigenvalue weighted by atomic mass is 32.1. The Hall–Kier alpha value is -2.31. The predicted molar refractivity (Wildman–Crippen MR) is 109 cm³/mol. The third kappa shape index (κ3) is 3.87. The van der Waals surface area contributed by atoms with Crippen LogP contribution in [0.5, 0.6) is 0 Å². The van der Waals surface area contributed by atoms with Gasteiger partial charge in [0.2, 0.25) is 0 Å². The average Bonchev–Trinajstić information content (AvgIpc) is 3.37. The van der Waals surface area contributed by atoms with E-state index < -0.39 is 0 Å². The van der Waals surface area contributed by atoms with E-state index >= 15 is 0 Å². The Morgan fingerprint density at radius 3 is 2.59 bits per heavy atom. The Morgan fingerprint density at radius 1 is 1.15 bits per heavy atom. The number of benzene rings is 1. The molecule has 140 valence electrons. The molecule has 1 aliphatic heterocycles. The van der Waals surface area contributed by atoms with Gasteiger partial charge in [-0.25, -0.2) is 9.97 Å². The minimum atomic E-state index is -0.0577. The van der Waals surface area contributed by atoms with E-state index in [1.165, 1.54) is 17.7 Å². The summed E-state index contributed by atoms with van der Waals surface area (Å²) < 4.78 is 0. The van der Waals surface area contributed by atoms with E-state index in [0.29, 0.717) is 12.1 Å². The first-order chi connectivity index (χ1) is 13.1. The molecule has 1 unspecified atom stereocenters. The Bertz CT molecular complexity index is 948. The molecule has 1 aromatic carbocycles. The number of aryl methyl sites for hydroxylation is 2. The minimum absolute atomic E-state index is 0.0577. The van der Waals surface area contributed by atoms with Crippen molar-refractivity contribution in [3.05, 3.63) is 57.5 Å². The number of hydrogen-bond acceptors (Lipinski definition) is 5. The van der Waals surface area contributed by atoms with E-state index in [2.05, 4.69) is 37.7 Å². The largest absolute Gasteiger partial charge is 0.350 e. The molecule has 27 heavy (non-hydrogen) atoms. The molecule has 1 N–H and O–H groups in total. The van der Waals surface area contributed by atoms with E-state index in [9.17, 15) is 4.79 Å². The van der Waals surface area contributed by atoms with Gasteiger partial charge in [0.15, 0.2) is 0 Å². The summed E-state index contributed by atoms with van der Waals surface area (Å²) in [5.74, 6) is -0.0577. The van der Waals surface area contributed by atoms with Gasteiger partial charge >= 0.3 is 0 Å². The SMILES string of the molecule is Cc1nc2ccc(C(=O)NCC(c3cccs3)N3CCCC3)cc2nc1C. The van der Waals surface area contributed by atoms with Crippen molar-refractivity contribution in [2.24, 2.45) is 0 Å². The standard InChI is InChI=1S/C21H24N4OS/c1-14-15(2)24-18-12-16(7-8-17(18)23-14)21(26)22-13-19(20-6-5-11-27-20)25-9-3-4-10-25/h5-8,11-12,19H,3-4,9-10,13H2,1-2H3,(H,22,26). The summed E-state index contributed by atoms with van der Waals surface area (Å²) in [5, 5.41) is 5.24. The van der Waals surface area contributed by atoms with Gasteiger partial charge in [-0.3, -0.25) is 9.69 Å². The number of rotatable bonds is 5. The maximum atomic E-state index is 12.8. The summed E-state index contributed by atoms with van der Waals surface area (Å²) in [7, 11) is 0. The van der Waals surface area contributed by atoms with Crippen molar-refractivity contribution in [1.29, 1.82) is 0 Å². The molecule has 1 aliphatic rings. The van der Waals surface area contributed by atoms with Gasteiger partial charge in [-0.15, -0.1) is 11.3 Å². The topological polar surface area (TPSA) is 58.1 Å². The van der Waals surface area contributed by atoms with Crippen LogP contribution >= 0.6 is 11.3 Å². The van der Waals surface area contributed by atoms with Crippen LogP contribution in [0, 0.1) is 13.8 Å². The summed E-state index contributed by atoms with van der Waals surface area (Å²) in [6.07, 6.45) is 2.47. The average molecular weight is 381 g/mol. The second-order valence-corrected chi connectivity index (χ2v) is 8.06. The first-order valence-electron chi connectivity index (χ1n) is 9.42. The summed E-state index contributed by atoms with van der Waals surface area (Å²) in [5.41, 5.74) is 4.03. The minimum Gasteiger partial charge on any atom is -0.350 e. The fourth-order valence-electron chi connectivity index (χ4n) is 3.61. The van der Waals surface area contributed by atoms with E-state index in [4.69, 9.17) is 0 Å². The van der Waals surface area contributed by atoms with Crippen molar-refractivity contribution in [3.8, 4) is 0 Å². The van der Waals surface area contributed by atoms with E-state index in [-0.39, 0.29) is 11.9 Å². The second kappa shape index (κ2) is 7.74. The number of nitrogens with zero attached hydrogens (tertiary/aromatic N) is 3. The molecule has 3 aromatic rings. The highest BCUT2D eigenvalue weighted by molar-refractivity contribution is 7.10. The number of hydrogen-bond donors (Lipinski definition) is 1. The van der Waals surface area contributed by atoms with Gasteiger partial charge in [0, 0.05) is 17.0 Å². The molecule has 0 aliphatic carbocycles. The van der Waals surface area contributed by atoms with Crippen LogP contribution in [0.3, 0.4) is 0 Å². The number of aromatic nitrogens is 2. The zero-order chi connectivity index (χ0) is 18.8. The van der Waals surface area contributed by atoms with Crippen LogP contribution in [0.1, 0.15) is 45.5 Å². The van der Waals surface area contributed by atoms with Crippen LogP contribution in [0.25, 0.3) is 11.0 Å². The summed E-state index contributed by atoms with van der Waals surface area (Å²) >= 11 is 1.76. The normalized spacial score (nSPS) is 15.9. The fraction of sp³-hybridized carbons (Fsp3) is 0.381. The molecule has 1 saturated heterocycles. The van der Waals surface area contributed by atoms with E-state index in [1.807, 2.05) is 32.0 Å². The smallest absolute Gasteiger partial charge is 0.251 e. The fourth-order valence-corrected chi connectivity index (χ4v) is 4.47. The molecule has 2 aromatic heterocycles. The predicted octanol–water partition coefficient (Wildman–Crippen LogP) is 3.88. The van der Waals surface area contributed by atoms with Crippen LogP contribution in [0.4, 0.5) is 0 Å². The molecule has 0 saturated carbocycles. The van der Waals surface area contributed by atoms with E-state index in [1.54, 1.807) is 11.3 Å². The van der Waals surface area contributed by atoms with Crippen molar-refractivity contribution in [2.75, 3.05) is 19.6 Å². The molecule has 1 atom stereocenters. The van der Waals surface area contributed by atoms with Gasteiger partial charge in [-0.05, 0) is 69.4 Å². The molecule has 6 heteroatoms. The van der Waals surface area contributed by atoms with Crippen molar-refractivity contribution >= 4 is 28.3 Å². The Labute approximate surface area is 163 Å². The maximum absolute atomic E-state index is 12.8. The highest BCUT2D eigenvalue weighted by Gasteiger charge is 2.24. The Balaban J connectivity index is 1.50.